The van der Waals surface area contributed by atoms with Gasteiger partial charge in [0, 0.05) is 0 Å². The minimum Gasteiger partial charge on any atom is -0.274 e. The molecule has 0 bridgehead atoms. The molecule has 0 aliphatic heterocycles. The Morgan fingerprint density at radius 1 is 1.00 bits per heavy atom. The van der Waals surface area contributed by atoms with E-state index >= 15 is 0 Å². The molecule has 0 saturated heterocycles. The molecule has 0 aliphatic rings. The number of hydroxylamine groups is 2. The van der Waals surface area contributed by atoms with Crippen LogP contribution in [0.25, 0.3) is 0 Å². The molecule has 0 amide bonds. The van der Waals surface area contributed by atoms with Gasteiger partial charge in [0.25, 0.3) is 0 Å². The van der Waals surface area contributed by atoms with Crippen molar-refractivity contribution < 1.29 is 9.68 Å². The van der Waals surface area contributed by atoms with Crippen molar-refractivity contribution in [3.05, 3.63) is 0 Å². The first kappa shape index (κ1) is 10.9. The Balaban J connectivity index is 3.34. The Hall–Kier alpha value is -0.120. The molecule has 0 fully saturated rings. The second kappa shape index (κ2) is 7.98. The molecule has 0 unspecified atom stereocenters. The van der Waals surface area contributed by atoms with Crippen molar-refractivity contribution in [2.24, 2.45) is 0 Å². The summed E-state index contributed by atoms with van der Waals surface area (Å²) in [6.45, 7) is 8.26. The van der Waals surface area contributed by atoms with Crippen LogP contribution in [0.2, 0.25) is 0 Å². The molecule has 0 aromatic carbocycles. The molecular formula is C8H19NO2. The first-order valence-electron chi connectivity index (χ1n) is 4.38. The van der Waals surface area contributed by atoms with E-state index in [1.807, 2.05) is 13.8 Å². The summed E-state index contributed by atoms with van der Waals surface area (Å²) in [5.74, 6) is 0. The maximum absolute atomic E-state index is 5.20. The summed E-state index contributed by atoms with van der Waals surface area (Å²) < 4.78 is 0. The second-order valence-corrected chi connectivity index (χ2v) is 2.25. The standard InChI is InChI=1S/C8H19NO2/c1-4-7-8-9(10-5-2)11-6-3/h4-8H2,1-3H3. The Morgan fingerprint density at radius 2 is 1.55 bits per heavy atom. The van der Waals surface area contributed by atoms with Crippen LogP contribution >= 0.6 is 0 Å². The van der Waals surface area contributed by atoms with Gasteiger partial charge in [-0.05, 0) is 20.3 Å². The Bertz CT molecular complexity index is 72.5. The first-order chi connectivity index (χ1) is 5.35. The summed E-state index contributed by atoms with van der Waals surface area (Å²) >= 11 is 0. The zero-order valence-electron chi connectivity index (χ0n) is 7.80. The highest BCUT2D eigenvalue weighted by Gasteiger charge is 2.01. The third-order valence-electron chi connectivity index (χ3n) is 1.24. The second-order valence-electron chi connectivity index (χ2n) is 2.25. The van der Waals surface area contributed by atoms with Gasteiger partial charge in [0.15, 0.2) is 0 Å². The first-order valence-corrected chi connectivity index (χ1v) is 4.38. The summed E-state index contributed by atoms with van der Waals surface area (Å²) in [5, 5.41) is 1.57. The molecule has 3 nitrogen and oxygen atoms in total. The van der Waals surface area contributed by atoms with Crippen LogP contribution in [0.4, 0.5) is 0 Å². The monoisotopic (exact) mass is 161 g/mol. The van der Waals surface area contributed by atoms with Crippen LogP contribution < -0.4 is 0 Å². The average Bonchev–Trinajstić information content (AvgIpc) is 2.01. The van der Waals surface area contributed by atoms with E-state index in [-0.39, 0.29) is 0 Å². The van der Waals surface area contributed by atoms with Crippen molar-refractivity contribution in [1.29, 1.82) is 0 Å². The van der Waals surface area contributed by atoms with Crippen LogP contribution in [0, 0.1) is 0 Å². The number of nitrogens with zero attached hydrogens (tertiary/aromatic N) is 1. The van der Waals surface area contributed by atoms with Gasteiger partial charge >= 0.3 is 0 Å². The molecule has 0 aromatic rings. The van der Waals surface area contributed by atoms with E-state index in [0.29, 0.717) is 13.2 Å². The predicted molar refractivity (Wildman–Crippen MR) is 44.9 cm³/mol. The quantitative estimate of drug-likeness (QED) is 0.533. The molecule has 68 valence electrons. The fraction of sp³-hybridized carbons (Fsp3) is 1.00. The third kappa shape index (κ3) is 6.28. The van der Waals surface area contributed by atoms with Gasteiger partial charge in [0.1, 0.15) is 0 Å². The summed E-state index contributed by atoms with van der Waals surface area (Å²) in [7, 11) is 0. The van der Waals surface area contributed by atoms with Crippen molar-refractivity contribution in [2.45, 2.75) is 33.6 Å². The van der Waals surface area contributed by atoms with Crippen LogP contribution in [0.15, 0.2) is 0 Å². The van der Waals surface area contributed by atoms with Gasteiger partial charge in [-0.25, -0.2) is 0 Å². The summed E-state index contributed by atoms with van der Waals surface area (Å²) in [4.78, 5) is 10.4. The fourth-order valence-electron chi connectivity index (χ4n) is 0.742. The van der Waals surface area contributed by atoms with Gasteiger partial charge in [0.05, 0.1) is 19.8 Å². The summed E-state index contributed by atoms with van der Waals surface area (Å²) in [6, 6.07) is 0. The van der Waals surface area contributed by atoms with E-state index in [0.717, 1.165) is 19.4 Å². The van der Waals surface area contributed by atoms with E-state index in [1.54, 1.807) is 5.23 Å². The topological polar surface area (TPSA) is 21.7 Å². The molecule has 0 rings (SSSR count). The Morgan fingerprint density at radius 3 is 1.91 bits per heavy atom. The van der Waals surface area contributed by atoms with E-state index in [9.17, 15) is 0 Å². The molecule has 3 heteroatoms. The third-order valence-corrected chi connectivity index (χ3v) is 1.24. The van der Waals surface area contributed by atoms with Crippen molar-refractivity contribution in [1.82, 2.24) is 5.23 Å². The van der Waals surface area contributed by atoms with Crippen LogP contribution in [-0.4, -0.2) is 25.0 Å². The van der Waals surface area contributed by atoms with Gasteiger partial charge in [-0.15, -0.1) is 0 Å². The zero-order valence-corrected chi connectivity index (χ0v) is 7.80. The SMILES string of the molecule is CCCCN(OCC)OCC. The molecule has 11 heavy (non-hydrogen) atoms. The molecular weight excluding hydrogens is 142 g/mol. The van der Waals surface area contributed by atoms with Crippen LogP contribution in [-0.2, 0) is 9.68 Å². The lowest BCUT2D eigenvalue weighted by molar-refractivity contribution is -0.364. The van der Waals surface area contributed by atoms with Crippen LogP contribution in [0.1, 0.15) is 33.6 Å². The van der Waals surface area contributed by atoms with Gasteiger partial charge in [-0.3, -0.25) is 9.68 Å². The molecule has 0 aromatic heterocycles. The highest BCUT2D eigenvalue weighted by molar-refractivity contribution is 4.33. The van der Waals surface area contributed by atoms with Crippen molar-refractivity contribution in [3.63, 3.8) is 0 Å². The Kier molecular flexibility index (Phi) is 7.89. The Labute approximate surface area is 69.2 Å². The number of hydrogen-bond acceptors (Lipinski definition) is 3. The van der Waals surface area contributed by atoms with Gasteiger partial charge in [-0.2, -0.15) is 0 Å². The van der Waals surface area contributed by atoms with Gasteiger partial charge < -0.3 is 0 Å². The molecule has 0 atom stereocenters. The largest absolute Gasteiger partial charge is 0.274 e. The normalized spacial score (nSPS) is 10.9. The lowest BCUT2D eigenvalue weighted by Crippen LogP contribution is -2.25. The summed E-state index contributed by atoms with van der Waals surface area (Å²) in [6.07, 6.45) is 2.27. The lowest BCUT2D eigenvalue weighted by atomic mass is 10.3. The molecule has 0 heterocycles. The number of rotatable bonds is 7. The molecule has 0 saturated carbocycles. The zero-order chi connectivity index (χ0) is 8.53. The van der Waals surface area contributed by atoms with Crippen molar-refractivity contribution in [2.75, 3.05) is 19.8 Å². The summed E-state index contributed by atoms with van der Waals surface area (Å²) in [5.41, 5.74) is 0. The van der Waals surface area contributed by atoms with Gasteiger partial charge in [0.2, 0.25) is 0 Å². The van der Waals surface area contributed by atoms with E-state index in [1.165, 1.54) is 0 Å². The van der Waals surface area contributed by atoms with Crippen molar-refractivity contribution >= 4 is 0 Å². The van der Waals surface area contributed by atoms with Crippen molar-refractivity contribution in [3.8, 4) is 0 Å². The van der Waals surface area contributed by atoms with E-state index < -0.39 is 0 Å². The van der Waals surface area contributed by atoms with E-state index in [2.05, 4.69) is 6.92 Å². The lowest BCUT2D eigenvalue weighted by Gasteiger charge is -2.18. The maximum Gasteiger partial charge on any atom is 0.0683 e. The highest BCUT2D eigenvalue weighted by Crippen LogP contribution is 1.96. The molecule has 0 aliphatic carbocycles. The fourth-order valence-corrected chi connectivity index (χ4v) is 0.742. The van der Waals surface area contributed by atoms with Crippen LogP contribution in [0.5, 0.6) is 0 Å². The minimum absolute atomic E-state index is 0.670. The highest BCUT2D eigenvalue weighted by atomic mass is 16.9. The van der Waals surface area contributed by atoms with Crippen LogP contribution in [0.3, 0.4) is 0 Å². The molecule has 0 radical (unpaired) electrons. The average molecular weight is 161 g/mol. The smallest absolute Gasteiger partial charge is 0.0683 e. The maximum atomic E-state index is 5.20. The molecule has 0 N–H and O–H groups in total. The molecule has 0 spiro atoms. The van der Waals surface area contributed by atoms with E-state index in [4.69, 9.17) is 9.68 Å². The number of hydrogen-bond donors (Lipinski definition) is 0. The van der Waals surface area contributed by atoms with Gasteiger partial charge in [-0.1, -0.05) is 18.6 Å². The predicted octanol–water partition coefficient (Wildman–Crippen LogP) is 1.99. The minimum atomic E-state index is 0.670. The number of unbranched alkanes of at least 4 members (excludes halogenated alkanes) is 1.